The fraction of sp³-hybridized carbons (Fsp3) is 0.0455. The minimum absolute atomic E-state index is 0.0862. The Morgan fingerprint density at radius 3 is 2.61 bits per heavy atom. The fourth-order valence-corrected chi connectivity index (χ4v) is 5.65. The maximum atomic E-state index is 13.4. The first-order valence-electron chi connectivity index (χ1n) is 9.70. The molecule has 164 valence electrons. The number of hydrogen-bond acceptors (Lipinski definition) is 7. The summed E-state index contributed by atoms with van der Waals surface area (Å²) in [6.45, 7) is 0. The fourth-order valence-electron chi connectivity index (χ4n) is 3.36. The number of non-ortho nitro benzene ring substituents is 1. The molecule has 11 heteroatoms. The number of hydrogen-bond donors (Lipinski definition) is 1. The van der Waals surface area contributed by atoms with Crippen molar-refractivity contribution in [2.75, 3.05) is 5.32 Å². The topological polar surface area (TPSA) is 102 Å². The molecule has 1 N–H and O–H groups in total. The Morgan fingerprint density at radius 1 is 1.09 bits per heavy atom. The first-order valence-corrected chi connectivity index (χ1v) is 11.8. The largest absolute Gasteiger partial charge is 0.323 e. The molecule has 1 atom stereocenters. The summed E-state index contributed by atoms with van der Waals surface area (Å²) >= 11 is 8.99. The van der Waals surface area contributed by atoms with Gasteiger partial charge in [0.15, 0.2) is 5.16 Å². The highest BCUT2D eigenvalue weighted by molar-refractivity contribution is 8.00. The number of rotatable bonds is 6. The Morgan fingerprint density at radius 2 is 1.85 bits per heavy atom. The number of nitro benzene ring substituents is 1. The van der Waals surface area contributed by atoms with Crippen molar-refractivity contribution in [3.63, 3.8) is 0 Å². The van der Waals surface area contributed by atoms with Crippen molar-refractivity contribution >= 4 is 67.2 Å². The minimum atomic E-state index is -0.663. The van der Waals surface area contributed by atoms with Crippen LogP contribution in [0.3, 0.4) is 0 Å². The number of thioether (sulfide) groups is 1. The number of carbonyl (C=O) groups is 1. The molecule has 33 heavy (non-hydrogen) atoms. The second kappa shape index (κ2) is 8.81. The number of nitrogens with one attached hydrogen (secondary N) is 1. The van der Waals surface area contributed by atoms with E-state index < -0.39 is 10.2 Å². The maximum absolute atomic E-state index is 13.4. The lowest BCUT2D eigenvalue weighted by atomic mass is 10.1. The molecular weight excluding hydrogens is 482 g/mol. The Balaban J connectivity index is 1.50. The van der Waals surface area contributed by atoms with E-state index in [1.165, 1.54) is 41.3 Å². The summed E-state index contributed by atoms with van der Waals surface area (Å²) in [5.41, 5.74) is 1.88. The van der Waals surface area contributed by atoms with E-state index in [-0.39, 0.29) is 16.6 Å². The van der Waals surface area contributed by atoms with E-state index >= 15 is 0 Å². The standard InChI is InChI=1S/C22H14ClN5O3S2/c23-15-12-14(28(30)31)10-11-16(15)24-20(29)19(13-6-2-1-3-7-13)33-22-26-25-21-27(22)17-8-4-5-9-18(17)32-21/h1-12,19H,(H,24,29). The molecule has 5 aromatic rings. The van der Waals surface area contributed by atoms with E-state index in [0.717, 1.165) is 20.7 Å². The van der Waals surface area contributed by atoms with Gasteiger partial charge in [-0.05, 0) is 23.8 Å². The highest BCUT2D eigenvalue weighted by Gasteiger charge is 2.26. The molecule has 0 spiro atoms. The van der Waals surface area contributed by atoms with E-state index in [4.69, 9.17) is 11.6 Å². The number of amides is 1. The summed E-state index contributed by atoms with van der Waals surface area (Å²) in [4.78, 5) is 24.5. The monoisotopic (exact) mass is 495 g/mol. The number of aromatic nitrogens is 3. The zero-order valence-corrected chi connectivity index (χ0v) is 19.1. The third-order valence-electron chi connectivity index (χ3n) is 4.90. The van der Waals surface area contributed by atoms with Gasteiger partial charge in [-0.25, -0.2) is 0 Å². The van der Waals surface area contributed by atoms with Crippen LogP contribution in [0.1, 0.15) is 10.8 Å². The number of benzene rings is 3. The molecule has 0 saturated heterocycles. The zero-order chi connectivity index (χ0) is 22.9. The van der Waals surface area contributed by atoms with Crippen LogP contribution in [0.15, 0.2) is 78.0 Å². The van der Waals surface area contributed by atoms with Gasteiger partial charge in [-0.3, -0.25) is 19.3 Å². The lowest BCUT2D eigenvalue weighted by Crippen LogP contribution is -2.19. The summed E-state index contributed by atoms with van der Waals surface area (Å²) in [6.07, 6.45) is 0. The van der Waals surface area contributed by atoms with Crippen molar-refractivity contribution in [2.24, 2.45) is 0 Å². The smallest absolute Gasteiger partial charge is 0.271 e. The number of halogens is 1. The Labute approximate surface area is 200 Å². The van der Waals surface area contributed by atoms with Crippen LogP contribution >= 0.6 is 34.7 Å². The molecule has 2 heterocycles. The van der Waals surface area contributed by atoms with Gasteiger partial charge in [-0.15, -0.1) is 10.2 Å². The first-order chi connectivity index (χ1) is 16.0. The van der Waals surface area contributed by atoms with Crippen LogP contribution < -0.4 is 5.32 Å². The average Bonchev–Trinajstić information content (AvgIpc) is 3.38. The number of fused-ring (bicyclic) bond motifs is 3. The average molecular weight is 496 g/mol. The van der Waals surface area contributed by atoms with E-state index in [2.05, 4.69) is 15.5 Å². The predicted octanol–water partition coefficient (Wildman–Crippen LogP) is 5.98. The molecule has 0 radical (unpaired) electrons. The second-order valence-corrected chi connectivity index (χ2v) is 9.48. The molecule has 8 nitrogen and oxygen atoms in total. The van der Waals surface area contributed by atoms with Gasteiger partial charge in [-0.2, -0.15) is 0 Å². The quantitative estimate of drug-likeness (QED) is 0.177. The summed E-state index contributed by atoms with van der Waals surface area (Å²) < 4.78 is 3.01. The molecule has 5 rings (SSSR count). The van der Waals surface area contributed by atoms with E-state index in [9.17, 15) is 14.9 Å². The Hall–Kier alpha value is -3.47. The van der Waals surface area contributed by atoms with E-state index in [1.807, 2.05) is 59.0 Å². The normalized spacial score (nSPS) is 12.2. The predicted molar refractivity (Wildman–Crippen MR) is 130 cm³/mol. The molecule has 0 saturated carbocycles. The number of nitrogens with zero attached hydrogens (tertiary/aromatic N) is 4. The first kappa shape index (κ1) is 21.4. The SMILES string of the molecule is O=C(Nc1ccc([N+](=O)[O-])cc1Cl)C(Sc1nnc2sc3ccccc3n12)c1ccccc1. The summed E-state index contributed by atoms with van der Waals surface area (Å²) in [5, 5.41) is 22.4. The molecule has 1 unspecified atom stereocenters. The molecule has 0 fully saturated rings. The van der Waals surface area contributed by atoms with Crippen molar-refractivity contribution in [3.05, 3.63) is 93.5 Å². The van der Waals surface area contributed by atoms with Crippen LogP contribution in [-0.2, 0) is 4.79 Å². The molecule has 0 bridgehead atoms. The van der Waals surface area contributed by atoms with Crippen molar-refractivity contribution in [3.8, 4) is 0 Å². The number of anilines is 1. The highest BCUT2D eigenvalue weighted by atomic mass is 35.5. The van der Waals surface area contributed by atoms with Crippen LogP contribution in [0, 0.1) is 10.1 Å². The van der Waals surface area contributed by atoms with Crippen LogP contribution in [0.2, 0.25) is 5.02 Å². The van der Waals surface area contributed by atoms with Crippen LogP contribution in [0.5, 0.6) is 0 Å². The molecule has 1 amide bonds. The molecule has 3 aromatic carbocycles. The lowest BCUT2D eigenvalue weighted by Gasteiger charge is -2.16. The van der Waals surface area contributed by atoms with Crippen LogP contribution in [-0.4, -0.2) is 25.4 Å². The summed E-state index contributed by atoms with van der Waals surface area (Å²) in [5.74, 6) is -0.335. The second-order valence-electron chi connectivity index (χ2n) is 6.99. The van der Waals surface area contributed by atoms with Gasteiger partial charge < -0.3 is 5.32 Å². The van der Waals surface area contributed by atoms with Crippen LogP contribution in [0.4, 0.5) is 11.4 Å². The van der Waals surface area contributed by atoms with Gasteiger partial charge >= 0.3 is 0 Å². The van der Waals surface area contributed by atoms with E-state index in [1.54, 1.807) is 0 Å². The summed E-state index contributed by atoms with van der Waals surface area (Å²) in [6, 6.07) is 21.1. The number of carbonyl (C=O) groups excluding carboxylic acids is 1. The van der Waals surface area contributed by atoms with Crippen molar-refractivity contribution < 1.29 is 9.72 Å². The van der Waals surface area contributed by atoms with Gasteiger partial charge in [0, 0.05) is 12.1 Å². The Kier molecular flexibility index (Phi) is 5.71. The molecule has 0 aliphatic rings. The van der Waals surface area contributed by atoms with Gasteiger partial charge in [-0.1, -0.05) is 77.2 Å². The van der Waals surface area contributed by atoms with Crippen molar-refractivity contribution in [1.29, 1.82) is 0 Å². The lowest BCUT2D eigenvalue weighted by molar-refractivity contribution is -0.384. The zero-order valence-electron chi connectivity index (χ0n) is 16.7. The maximum Gasteiger partial charge on any atom is 0.271 e. The van der Waals surface area contributed by atoms with Gasteiger partial charge in [0.05, 0.1) is 25.8 Å². The van der Waals surface area contributed by atoms with Crippen LogP contribution in [0.25, 0.3) is 15.2 Å². The number of para-hydroxylation sites is 1. The Bertz CT molecular complexity index is 1500. The molecule has 2 aromatic heterocycles. The number of nitro groups is 1. The van der Waals surface area contributed by atoms with Crippen molar-refractivity contribution in [1.82, 2.24) is 14.6 Å². The van der Waals surface area contributed by atoms with Gasteiger partial charge in [0.2, 0.25) is 10.9 Å². The highest BCUT2D eigenvalue weighted by Crippen LogP contribution is 2.38. The van der Waals surface area contributed by atoms with Gasteiger partial charge in [0.25, 0.3) is 5.69 Å². The molecule has 0 aliphatic heterocycles. The minimum Gasteiger partial charge on any atom is -0.323 e. The van der Waals surface area contributed by atoms with E-state index in [0.29, 0.717) is 10.8 Å². The third kappa shape index (κ3) is 4.15. The van der Waals surface area contributed by atoms with Crippen molar-refractivity contribution in [2.45, 2.75) is 10.4 Å². The summed E-state index contributed by atoms with van der Waals surface area (Å²) in [7, 11) is 0. The van der Waals surface area contributed by atoms with Gasteiger partial charge in [0.1, 0.15) is 5.25 Å². The molecule has 0 aliphatic carbocycles. The molecular formula is C22H14ClN5O3S2. The third-order valence-corrected chi connectivity index (χ3v) is 7.42. The number of thiazole rings is 1.